The largest absolute Gasteiger partial charge is 0.482 e. The molecule has 0 aliphatic heterocycles. The summed E-state index contributed by atoms with van der Waals surface area (Å²) in [4.78, 5) is 29.8. The number of aliphatic hydroxyl groups is 1. The maximum absolute atomic E-state index is 11.6. The van der Waals surface area contributed by atoms with Gasteiger partial charge in [-0.15, -0.1) is 0 Å². The van der Waals surface area contributed by atoms with Gasteiger partial charge >= 0.3 is 13.8 Å². The predicted octanol–water partition coefficient (Wildman–Crippen LogP) is 3.70. The van der Waals surface area contributed by atoms with Crippen molar-refractivity contribution in [3.05, 3.63) is 29.3 Å². The van der Waals surface area contributed by atoms with Crippen molar-refractivity contribution in [1.82, 2.24) is 0 Å². The van der Waals surface area contributed by atoms with Crippen LogP contribution in [-0.4, -0.2) is 44.8 Å². The first-order valence-electron chi connectivity index (χ1n) is 11.5. The third-order valence-electron chi connectivity index (χ3n) is 6.92. The minimum atomic E-state index is -4.63. The number of fused-ring (bicyclic) bond motifs is 2. The molecule has 2 aliphatic rings. The van der Waals surface area contributed by atoms with Crippen LogP contribution in [0.1, 0.15) is 63.0 Å². The maximum Gasteiger partial charge on any atom is 0.469 e. The molecule has 180 valence electrons. The first kappa shape index (κ1) is 25.2. The molecule has 4 N–H and O–H groups in total. The Kier molecular flexibility index (Phi) is 8.75. The molecule has 32 heavy (non-hydrogen) atoms. The highest BCUT2D eigenvalue weighted by atomic mass is 31.2. The van der Waals surface area contributed by atoms with Crippen LogP contribution in [0, 0.1) is 17.8 Å². The second kappa shape index (κ2) is 11.1. The Labute approximate surface area is 189 Å². The predicted molar refractivity (Wildman–Crippen MR) is 118 cm³/mol. The van der Waals surface area contributed by atoms with Gasteiger partial charge in [0.15, 0.2) is 6.61 Å². The molecule has 0 saturated heterocycles. The number of benzene rings is 1. The van der Waals surface area contributed by atoms with Crippen LogP contribution in [0.2, 0.25) is 0 Å². The van der Waals surface area contributed by atoms with Crippen molar-refractivity contribution in [2.24, 2.45) is 17.8 Å². The second-order valence-electron chi connectivity index (χ2n) is 9.17. The highest BCUT2D eigenvalue weighted by Gasteiger charge is 2.48. The van der Waals surface area contributed by atoms with Gasteiger partial charge in [-0.25, -0.2) is 9.36 Å². The van der Waals surface area contributed by atoms with E-state index in [9.17, 15) is 24.3 Å². The lowest BCUT2D eigenvalue weighted by atomic mass is 9.73. The van der Waals surface area contributed by atoms with E-state index in [0.717, 1.165) is 43.2 Å². The highest BCUT2D eigenvalue weighted by Crippen LogP contribution is 2.53. The number of rotatable bonds is 12. The van der Waals surface area contributed by atoms with E-state index in [2.05, 4.69) is 6.92 Å². The molecule has 9 heteroatoms. The van der Waals surface area contributed by atoms with Crippen LogP contribution in [0.25, 0.3) is 0 Å². The van der Waals surface area contributed by atoms with Gasteiger partial charge < -0.3 is 24.7 Å². The summed E-state index contributed by atoms with van der Waals surface area (Å²) in [7, 11) is -4.63. The summed E-state index contributed by atoms with van der Waals surface area (Å²) < 4.78 is 22.3. The fourth-order valence-corrected chi connectivity index (χ4v) is 6.10. The number of hydrogen-bond acceptors (Lipinski definition) is 5. The molecule has 1 saturated carbocycles. The standard InChI is InChI=1S/C23H35O8P/c1-2-3-4-7-17(24)9-10-18-19-11-15-6-5-8-21(30-14-23(25)26)20(15)12-16(19)13-22(18)31-32(27,28)29/h5-6,8,16-19,22,24H,2-4,7,9-14H2,1H3,(H,25,26)(H2,27,28,29)/t16-,17-,18+,19-,22+/m0/s1. The molecule has 0 radical (unpaired) electrons. The molecule has 0 spiro atoms. The Balaban J connectivity index is 1.74. The Hall–Kier alpha value is -1.44. The van der Waals surface area contributed by atoms with Gasteiger partial charge in [-0.2, -0.15) is 0 Å². The number of carboxylic acid groups (broad SMARTS) is 1. The molecular formula is C23H35O8P. The summed E-state index contributed by atoms with van der Waals surface area (Å²) in [6.07, 6.45) is 6.07. The Morgan fingerprint density at radius 1 is 1.22 bits per heavy atom. The number of phosphoric ester groups is 1. The third-order valence-corrected chi connectivity index (χ3v) is 7.46. The monoisotopic (exact) mass is 470 g/mol. The van der Waals surface area contributed by atoms with E-state index in [-0.39, 0.29) is 17.8 Å². The van der Waals surface area contributed by atoms with E-state index in [1.165, 1.54) is 0 Å². The average molecular weight is 470 g/mol. The van der Waals surface area contributed by atoms with E-state index in [1.807, 2.05) is 12.1 Å². The number of carboxylic acids is 1. The van der Waals surface area contributed by atoms with E-state index < -0.39 is 32.6 Å². The number of ether oxygens (including phenoxy) is 1. The normalized spacial score (nSPS) is 25.8. The molecule has 0 unspecified atom stereocenters. The van der Waals surface area contributed by atoms with E-state index in [0.29, 0.717) is 31.4 Å². The second-order valence-corrected chi connectivity index (χ2v) is 10.4. The molecule has 1 aromatic carbocycles. The SMILES string of the molecule is CCCCC[C@H](O)CC[C@@H]1[C@H]2Cc3cccc(OCC(=O)O)c3C[C@H]2C[C@H]1OP(=O)(O)O. The summed E-state index contributed by atoms with van der Waals surface area (Å²) >= 11 is 0. The average Bonchev–Trinajstić information content (AvgIpc) is 3.03. The van der Waals surface area contributed by atoms with Gasteiger partial charge in [0.2, 0.25) is 0 Å². The third kappa shape index (κ3) is 6.78. The van der Waals surface area contributed by atoms with Crippen LogP contribution in [0.4, 0.5) is 0 Å². The zero-order valence-electron chi connectivity index (χ0n) is 18.6. The van der Waals surface area contributed by atoms with Crippen LogP contribution in [-0.2, 0) is 26.7 Å². The van der Waals surface area contributed by atoms with Crippen molar-refractivity contribution in [3.63, 3.8) is 0 Å². The molecule has 3 rings (SSSR count). The molecule has 8 nitrogen and oxygen atoms in total. The van der Waals surface area contributed by atoms with Crippen LogP contribution >= 0.6 is 7.82 Å². The van der Waals surface area contributed by atoms with Gasteiger partial charge in [0.05, 0.1) is 12.2 Å². The van der Waals surface area contributed by atoms with Gasteiger partial charge in [-0.3, -0.25) is 4.52 Å². The van der Waals surface area contributed by atoms with E-state index in [4.69, 9.17) is 14.4 Å². The zero-order chi connectivity index (χ0) is 23.3. The van der Waals surface area contributed by atoms with Crippen molar-refractivity contribution in [2.45, 2.75) is 76.9 Å². The molecule has 1 fully saturated rings. The molecule has 1 aromatic rings. The number of carbonyl (C=O) groups is 1. The summed E-state index contributed by atoms with van der Waals surface area (Å²) in [5.74, 6) is -0.173. The summed E-state index contributed by atoms with van der Waals surface area (Å²) in [6.45, 7) is 1.71. The topological polar surface area (TPSA) is 134 Å². The van der Waals surface area contributed by atoms with Crippen molar-refractivity contribution in [1.29, 1.82) is 0 Å². The quantitative estimate of drug-likeness (QED) is 0.268. The Morgan fingerprint density at radius 2 is 2.00 bits per heavy atom. The van der Waals surface area contributed by atoms with Gasteiger partial charge in [-0.1, -0.05) is 38.3 Å². The first-order chi connectivity index (χ1) is 15.2. The van der Waals surface area contributed by atoms with Crippen LogP contribution in [0.5, 0.6) is 5.75 Å². The van der Waals surface area contributed by atoms with Gasteiger partial charge in [0, 0.05) is 0 Å². The lowest BCUT2D eigenvalue weighted by Gasteiger charge is -2.33. The number of phosphoric acid groups is 1. The van der Waals surface area contributed by atoms with Crippen LogP contribution < -0.4 is 4.74 Å². The lowest BCUT2D eigenvalue weighted by Crippen LogP contribution is -2.28. The molecule has 5 atom stereocenters. The van der Waals surface area contributed by atoms with Crippen molar-refractivity contribution in [2.75, 3.05) is 6.61 Å². The Morgan fingerprint density at radius 3 is 2.69 bits per heavy atom. The van der Waals surface area contributed by atoms with Gasteiger partial charge in [-0.05, 0) is 73.5 Å². The highest BCUT2D eigenvalue weighted by molar-refractivity contribution is 7.46. The van der Waals surface area contributed by atoms with Crippen LogP contribution in [0.3, 0.4) is 0 Å². The lowest BCUT2D eigenvalue weighted by molar-refractivity contribution is -0.139. The van der Waals surface area contributed by atoms with Crippen molar-refractivity contribution < 1.29 is 38.6 Å². The zero-order valence-corrected chi connectivity index (χ0v) is 19.5. The minimum absolute atomic E-state index is 0.0507. The summed E-state index contributed by atoms with van der Waals surface area (Å²) in [5.41, 5.74) is 2.06. The summed E-state index contributed by atoms with van der Waals surface area (Å²) in [6, 6.07) is 5.62. The smallest absolute Gasteiger partial charge is 0.469 e. The minimum Gasteiger partial charge on any atom is -0.482 e. The fraction of sp³-hybridized carbons (Fsp3) is 0.696. The molecule has 0 bridgehead atoms. The molecule has 2 aliphatic carbocycles. The van der Waals surface area contributed by atoms with Gasteiger partial charge in [0.1, 0.15) is 5.75 Å². The number of unbranched alkanes of at least 4 members (excludes halogenated alkanes) is 2. The summed E-state index contributed by atoms with van der Waals surface area (Å²) in [5, 5.41) is 19.3. The molecule has 0 heterocycles. The van der Waals surface area contributed by atoms with E-state index in [1.54, 1.807) is 6.07 Å². The Bertz CT molecular complexity index is 822. The molecule has 0 aromatic heterocycles. The van der Waals surface area contributed by atoms with Crippen molar-refractivity contribution in [3.8, 4) is 5.75 Å². The van der Waals surface area contributed by atoms with Crippen LogP contribution in [0.15, 0.2) is 18.2 Å². The number of aliphatic carboxylic acids is 1. The van der Waals surface area contributed by atoms with Crippen molar-refractivity contribution >= 4 is 13.8 Å². The number of hydrogen-bond donors (Lipinski definition) is 4. The maximum atomic E-state index is 11.6. The number of aliphatic hydroxyl groups excluding tert-OH is 1. The molecular weight excluding hydrogens is 435 g/mol. The first-order valence-corrected chi connectivity index (χ1v) is 13.1. The fourth-order valence-electron chi connectivity index (χ4n) is 5.51. The van der Waals surface area contributed by atoms with Gasteiger partial charge in [0.25, 0.3) is 0 Å². The van der Waals surface area contributed by atoms with E-state index >= 15 is 0 Å². The molecule has 0 amide bonds.